The van der Waals surface area contributed by atoms with Crippen molar-refractivity contribution in [1.29, 1.82) is 0 Å². The fourth-order valence-electron chi connectivity index (χ4n) is 3.70. The van der Waals surface area contributed by atoms with Gasteiger partial charge in [0.05, 0.1) is 0 Å². The van der Waals surface area contributed by atoms with Crippen molar-refractivity contribution in [3.05, 3.63) is 45.4 Å². The molecule has 2 aliphatic heterocycles. The molecular formula is C20H25N3O2S. The van der Waals surface area contributed by atoms with Crippen molar-refractivity contribution in [2.45, 2.75) is 32.8 Å². The Morgan fingerprint density at radius 2 is 2.04 bits per heavy atom. The van der Waals surface area contributed by atoms with Crippen LogP contribution in [0, 0.1) is 13.8 Å². The molecule has 138 valence electrons. The number of aryl methyl sites for hydroxylation is 1. The van der Waals surface area contributed by atoms with Crippen LogP contribution in [0.2, 0.25) is 0 Å². The van der Waals surface area contributed by atoms with Gasteiger partial charge in [0.25, 0.3) is 5.91 Å². The molecule has 3 heterocycles. The van der Waals surface area contributed by atoms with E-state index < -0.39 is 0 Å². The number of rotatable bonds is 3. The predicted octanol–water partition coefficient (Wildman–Crippen LogP) is 3.57. The average Bonchev–Trinajstić information content (AvgIpc) is 3.35. The molecule has 0 aliphatic carbocycles. The van der Waals surface area contributed by atoms with E-state index in [1.54, 1.807) is 11.3 Å². The molecule has 26 heavy (non-hydrogen) atoms. The van der Waals surface area contributed by atoms with E-state index in [-0.39, 0.29) is 12.0 Å². The Morgan fingerprint density at radius 1 is 1.23 bits per heavy atom. The summed E-state index contributed by atoms with van der Waals surface area (Å²) in [5.74, 6) is 0.0473. The largest absolute Gasteiger partial charge is 0.371 e. The van der Waals surface area contributed by atoms with Gasteiger partial charge in [0, 0.05) is 43.9 Å². The van der Waals surface area contributed by atoms with Crippen molar-refractivity contribution in [3.63, 3.8) is 0 Å². The van der Waals surface area contributed by atoms with Crippen LogP contribution < -0.4 is 4.90 Å². The quantitative estimate of drug-likeness (QED) is 0.827. The van der Waals surface area contributed by atoms with E-state index in [1.165, 1.54) is 16.8 Å². The van der Waals surface area contributed by atoms with Gasteiger partial charge in [0.2, 0.25) is 0 Å². The number of hydrogen-bond donors (Lipinski definition) is 0. The molecule has 1 amide bonds. The third-order valence-electron chi connectivity index (χ3n) is 5.43. The summed E-state index contributed by atoms with van der Waals surface area (Å²) in [4.78, 5) is 21.7. The molecule has 0 N–H and O–H groups in total. The number of nitrogens with zero attached hydrogens (tertiary/aromatic N) is 3. The Balaban J connectivity index is 1.40. The first-order valence-corrected chi connectivity index (χ1v) is 10.2. The highest BCUT2D eigenvalue weighted by atomic mass is 32.1. The summed E-state index contributed by atoms with van der Waals surface area (Å²) < 4.78 is 5.68. The molecule has 1 aromatic heterocycles. The summed E-state index contributed by atoms with van der Waals surface area (Å²) in [6, 6.07) is 6.43. The van der Waals surface area contributed by atoms with Crippen LogP contribution in [-0.4, -0.2) is 48.6 Å². The van der Waals surface area contributed by atoms with E-state index in [2.05, 4.69) is 41.9 Å². The lowest BCUT2D eigenvalue weighted by Crippen LogP contribution is -2.49. The topological polar surface area (TPSA) is 45.7 Å². The van der Waals surface area contributed by atoms with E-state index >= 15 is 0 Å². The first-order chi connectivity index (χ1) is 12.6. The molecule has 1 aromatic carbocycles. The maximum atomic E-state index is 12.8. The van der Waals surface area contributed by atoms with Gasteiger partial charge in [-0.1, -0.05) is 12.1 Å². The highest BCUT2D eigenvalue weighted by molar-refractivity contribution is 7.09. The van der Waals surface area contributed by atoms with Crippen LogP contribution in [0.4, 0.5) is 5.69 Å². The number of ether oxygens (including phenoxy) is 1. The molecule has 1 atom stereocenters. The van der Waals surface area contributed by atoms with Crippen LogP contribution in [0.3, 0.4) is 0 Å². The van der Waals surface area contributed by atoms with Crippen molar-refractivity contribution in [1.82, 2.24) is 9.88 Å². The van der Waals surface area contributed by atoms with Gasteiger partial charge in [0.1, 0.15) is 16.8 Å². The SMILES string of the molecule is Cc1cccc(N2CCN(C(=O)c3csc([C@H]4CCCO4)n3)CC2)c1C. The molecule has 5 nitrogen and oxygen atoms in total. The van der Waals surface area contributed by atoms with Crippen LogP contribution in [0.5, 0.6) is 0 Å². The van der Waals surface area contributed by atoms with Crippen LogP contribution >= 0.6 is 11.3 Å². The number of thiazole rings is 1. The Morgan fingerprint density at radius 3 is 2.77 bits per heavy atom. The molecule has 4 rings (SSSR count). The molecule has 0 bridgehead atoms. The van der Waals surface area contributed by atoms with Gasteiger partial charge in [-0.05, 0) is 43.9 Å². The number of piperazine rings is 1. The highest BCUT2D eigenvalue weighted by Gasteiger charge is 2.27. The number of hydrogen-bond acceptors (Lipinski definition) is 5. The number of amides is 1. The Kier molecular flexibility index (Phi) is 4.96. The second-order valence-electron chi connectivity index (χ2n) is 7.07. The van der Waals surface area contributed by atoms with Crippen molar-refractivity contribution < 1.29 is 9.53 Å². The zero-order valence-corrected chi connectivity index (χ0v) is 16.2. The Hall–Kier alpha value is -1.92. The number of benzene rings is 1. The van der Waals surface area contributed by atoms with E-state index in [0.29, 0.717) is 5.69 Å². The van der Waals surface area contributed by atoms with Crippen molar-refractivity contribution in [3.8, 4) is 0 Å². The summed E-state index contributed by atoms with van der Waals surface area (Å²) in [5, 5.41) is 2.83. The van der Waals surface area contributed by atoms with Gasteiger partial charge in [-0.3, -0.25) is 4.79 Å². The number of anilines is 1. The third kappa shape index (κ3) is 3.35. The second-order valence-corrected chi connectivity index (χ2v) is 7.96. The van der Waals surface area contributed by atoms with Crippen molar-refractivity contribution in [2.75, 3.05) is 37.7 Å². The lowest BCUT2D eigenvalue weighted by molar-refractivity contribution is 0.0740. The molecule has 0 unspecified atom stereocenters. The third-order valence-corrected chi connectivity index (χ3v) is 6.37. The molecule has 2 aliphatic rings. The highest BCUT2D eigenvalue weighted by Crippen LogP contribution is 2.31. The minimum absolute atomic E-state index is 0.0473. The molecule has 2 saturated heterocycles. The molecular weight excluding hydrogens is 346 g/mol. The fraction of sp³-hybridized carbons (Fsp3) is 0.500. The van der Waals surface area contributed by atoms with E-state index in [1.807, 2.05) is 10.3 Å². The summed E-state index contributed by atoms with van der Waals surface area (Å²) in [6.45, 7) is 8.31. The first-order valence-electron chi connectivity index (χ1n) is 9.31. The molecule has 2 fully saturated rings. The molecule has 0 spiro atoms. The van der Waals surface area contributed by atoms with Crippen LogP contribution in [-0.2, 0) is 4.74 Å². The van der Waals surface area contributed by atoms with Crippen molar-refractivity contribution in [2.24, 2.45) is 0 Å². The van der Waals surface area contributed by atoms with E-state index in [4.69, 9.17) is 4.74 Å². The predicted molar refractivity (Wildman–Crippen MR) is 104 cm³/mol. The minimum Gasteiger partial charge on any atom is -0.371 e. The van der Waals surface area contributed by atoms with Gasteiger partial charge in [-0.2, -0.15) is 0 Å². The normalized spacial score (nSPS) is 20.6. The maximum absolute atomic E-state index is 12.8. The van der Waals surface area contributed by atoms with Gasteiger partial charge >= 0.3 is 0 Å². The maximum Gasteiger partial charge on any atom is 0.273 e. The van der Waals surface area contributed by atoms with E-state index in [9.17, 15) is 4.79 Å². The summed E-state index contributed by atoms with van der Waals surface area (Å²) in [7, 11) is 0. The van der Waals surface area contributed by atoms with Crippen LogP contribution in [0.1, 0.15) is 45.6 Å². The van der Waals surface area contributed by atoms with Gasteiger partial charge < -0.3 is 14.5 Å². The Bertz CT molecular complexity index is 790. The van der Waals surface area contributed by atoms with Gasteiger partial charge in [0.15, 0.2) is 0 Å². The molecule has 2 aromatic rings. The van der Waals surface area contributed by atoms with E-state index in [0.717, 1.165) is 50.6 Å². The minimum atomic E-state index is 0.0473. The van der Waals surface area contributed by atoms with Gasteiger partial charge in [-0.15, -0.1) is 11.3 Å². The lowest BCUT2D eigenvalue weighted by atomic mass is 10.1. The average molecular weight is 372 g/mol. The zero-order valence-electron chi connectivity index (χ0n) is 15.4. The summed E-state index contributed by atoms with van der Waals surface area (Å²) >= 11 is 1.55. The van der Waals surface area contributed by atoms with Gasteiger partial charge in [-0.25, -0.2) is 4.98 Å². The number of carbonyl (C=O) groups is 1. The summed E-state index contributed by atoms with van der Waals surface area (Å²) in [5.41, 5.74) is 4.49. The van der Waals surface area contributed by atoms with Crippen LogP contribution in [0.15, 0.2) is 23.6 Å². The molecule has 0 saturated carbocycles. The van der Waals surface area contributed by atoms with Crippen LogP contribution in [0.25, 0.3) is 0 Å². The number of aromatic nitrogens is 1. The number of carbonyl (C=O) groups excluding carboxylic acids is 1. The molecule has 6 heteroatoms. The second kappa shape index (κ2) is 7.37. The smallest absolute Gasteiger partial charge is 0.273 e. The fourth-order valence-corrected chi connectivity index (χ4v) is 4.57. The van der Waals surface area contributed by atoms with Crippen molar-refractivity contribution >= 4 is 22.9 Å². The standard InChI is InChI=1S/C20H25N3O2S/c1-14-5-3-6-17(15(14)2)22-8-10-23(11-9-22)20(24)16-13-26-19(21-16)18-7-4-12-25-18/h3,5-6,13,18H,4,7-12H2,1-2H3/t18-/m1/s1. The first kappa shape index (κ1) is 17.5. The summed E-state index contributed by atoms with van der Waals surface area (Å²) in [6.07, 6.45) is 2.17. The molecule has 0 radical (unpaired) electrons. The zero-order chi connectivity index (χ0) is 18.1. The monoisotopic (exact) mass is 371 g/mol. The Labute approximate surface area is 158 Å². The lowest BCUT2D eigenvalue weighted by Gasteiger charge is -2.36.